The topological polar surface area (TPSA) is 53.4 Å². The van der Waals surface area contributed by atoms with E-state index >= 15 is 0 Å². The van der Waals surface area contributed by atoms with Gasteiger partial charge in [0.1, 0.15) is 11.6 Å². The largest absolute Gasteiger partial charge is 0.417 e. The second-order valence-corrected chi connectivity index (χ2v) is 8.57. The molecule has 0 spiro atoms. The molecule has 2 aromatic heterocycles. The molecule has 4 aromatic rings. The lowest BCUT2D eigenvalue weighted by molar-refractivity contribution is -0.136. The number of benzene rings is 2. The number of fused-ring (bicyclic) bond motifs is 1. The van der Waals surface area contributed by atoms with Gasteiger partial charge in [-0.15, -0.1) is 0 Å². The van der Waals surface area contributed by atoms with Crippen molar-refractivity contribution in [2.45, 2.75) is 6.18 Å². The van der Waals surface area contributed by atoms with Crippen molar-refractivity contribution in [1.29, 1.82) is 0 Å². The van der Waals surface area contributed by atoms with Gasteiger partial charge in [-0.25, -0.2) is 4.98 Å². The summed E-state index contributed by atoms with van der Waals surface area (Å²) in [4.78, 5) is 21.8. The molecule has 9 heteroatoms. The molecule has 0 bridgehead atoms. The van der Waals surface area contributed by atoms with Crippen molar-refractivity contribution in [2.24, 2.45) is 0 Å². The molecule has 0 saturated carbocycles. The number of hydrogen-bond acceptors (Lipinski definition) is 5. The summed E-state index contributed by atoms with van der Waals surface area (Å²) in [7, 11) is 1.97. The Kier molecular flexibility index (Phi) is 5.94. The van der Waals surface area contributed by atoms with Crippen LogP contribution in [0.15, 0.2) is 77.6 Å². The Morgan fingerprint density at radius 2 is 1.51 bits per heavy atom. The van der Waals surface area contributed by atoms with E-state index in [1.165, 1.54) is 6.07 Å². The van der Waals surface area contributed by atoms with Crippen LogP contribution in [0.4, 0.5) is 30.5 Å². The van der Waals surface area contributed by atoms with Gasteiger partial charge in [-0.05, 0) is 37.4 Å². The van der Waals surface area contributed by atoms with Crippen LogP contribution >= 0.6 is 0 Å². The molecule has 1 aliphatic heterocycles. The second-order valence-electron chi connectivity index (χ2n) is 8.57. The lowest BCUT2D eigenvalue weighted by atomic mass is 10.1. The zero-order chi connectivity index (χ0) is 24.6. The Morgan fingerprint density at radius 1 is 0.886 bits per heavy atom. The van der Waals surface area contributed by atoms with E-state index in [1.54, 1.807) is 28.8 Å². The molecule has 1 N–H and O–H groups in total. The molecule has 0 radical (unpaired) electrons. The molecule has 2 aromatic carbocycles. The van der Waals surface area contributed by atoms with Gasteiger partial charge in [0.15, 0.2) is 11.1 Å². The minimum atomic E-state index is -4.72. The summed E-state index contributed by atoms with van der Waals surface area (Å²) in [5, 5.41) is 2.74. The Morgan fingerprint density at radius 3 is 2.14 bits per heavy atom. The van der Waals surface area contributed by atoms with Crippen molar-refractivity contribution in [3.05, 3.63) is 88.6 Å². The van der Waals surface area contributed by atoms with Gasteiger partial charge in [0.25, 0.3) is 0 Å². The Balaban J connectivity index is 1.81. The van der Waals surface area contributed by atoms with E-state index in [-0.39, 0.29) is 11.5 Å². The number of halogens is 3. The van der Waals surface area contributed by atoms with Crippen LogP contribution in [0.3, 0.4) is 0 Å². The predicted octanol–water partition coefficient (Wildman–Crippen LogP) is 4.90. The second kappa shape index (κ2) is 9.07. The minimum absolute atomic E-state index is 0.0362. The van der Waals surface area contributed by atoms with Crippen LogP contribution in [-0.4, -0.2) is 47.7 Å². The number of piperazine rings is 1. The zero-order valence-electron chi connectivity index (χ0n) is 19.1. The first-order valence-corrected chi connectivity index (χ1v) is 11.3. The Labute approximate surface area is 200 Å². The van der Waals surface area contributed by atoms with Crippen LogP contribution in [0.1, 0.15) is 5.56 Å². The summed E-state index contributed by atoms with van der Waals surface area (Å²) in [6.45, 7) is 2.51. The minimum Gasteiger partial charge on any atom is -0.354 e. The van der Waals surface area contributed by atoms with E-state index in [0.29, 0.717) is 43.4 Å². The first-order chi connectivity index (χ1) is 16.8. The summed E-state index contributed by atoms with van der Waals surface area (Å²) in [5.74, 6) is 0.537. The molecule has 0 amide bonds. The van der Waals surface area contributed by atoms with Crippen LogP contribution < -0.4 is 15.6 Å². The lowest BCUT2D eigenvalue weighted by Gasteiger charge is -2.33. The molecule has 1 fully saturated rings. The van der Waals surface area contributed by atoms with Crippen LogP contribution in [0.5, 0.6) is 0 Å². The van der Waals surface area contributed by atoms with E-state index in [0.717, 1.165) is 6.07 Å². The fraction of sp³-hybridized carbons (Fsp3) is 0.231. The van der Waals surface area contributed by atoms with Crippen molar-refractivity contribution in [3.63, 3.8) is 0 Å². The molecular formula is C26H24F3N5O. The van der Waals surface area contributed by atoms with Crippen molar-refractivity contribution in [2.75, 3.05) is 43.4 Å². The molecular weight excluding hydrogens is 455 g/mol. The molecule has 6 nitrogen and oxygen atoms in total. The van der Waals surface area contributed by atoms with Crippen LogP contribution in [0.2, 0.25) is 0 Å². The number of rotatable bonds is 4. The molecule has 180 valence electrons. The maximum absolute atomic E-state index is 14.3. The van der Waals surface area contributed by atoms with Gasteiger partial charge in [-0.3, -0.25) is 9.36 Å². The van der Waals surface area contributed by atoms with E-state index < -0.39 is 22.6 Å². The Bertz CT molecular complexity index is 1400. The molecule has 1 saturated heterocycles. The van der Waals surface area contributed by atoms with E-state index in [4.69, 9.17) is 0 Å². The zero-order valence-corrected chi connectivity index (χ0v) is 19.1. The highest BCUT2D eigenvalue weighted by molar-refractivity contribution is 5.86. The predicted molar refractivity (Wildman–Crippen MR) is 132 cm³/mol. The van der Waals surface area contributed by atoms with Crippen LogP contribution in [-0.2, 0) is 6.18 Å². The summed E-state index contributed by atoms with van der Waals surface area (Å²) >= 11 is 0. The van der Waals surface area contributed by atoms with Crippen LogP contribution in [0, 0.1) is 0 Å². The average Bonchev–Trinajstić information content (AvgIpc) is 2.84. The first-order valence-electron chi connectivity index (χ1n) is 11.3. The SMILES string of the molecule is CN1CCN(c2cc(C(F)(F)F)c3c(=O)cc(Nc4ccccc4)n(-c4ccccc4)c3n2)CC1. The van der Waals surface area contributed by atoms with Crippen molar-refractivity contribution >= 4 is 28.4 Å². The molecule has 1 aliphatic rings. The average molecular weight is 480 g/mol. The third kappa shape index (κ3) is 4.59. The molecule has 3 heterocycles. The lowest BCUT2D eigenvalue weighted by Crippen LogP contribution is -2.45. The monoisotopic (exact) mass is 479 g/mol. The highest BCUT2D eigenvalue weighted by atomic mass is 19.4. The third-order valence-corrected chi connectivity index (χ3v) is 6.15. The highest BCUT2D eigenvalue weighted by Gasteiger charge is 2.36. The van der Waals surface area contributed by atoms with Gasteiger partial charge in [-0.2, -0.15) is 13.2 Å². The summed E-state index contributed by atoms with van der Waals surface area (Å²) in [5.41, 5.74) is -0.465. The smallest absolute Gasteiger partial charge is 0.354 e. The third-order valence-electron chi connectivity index (χ3n) is 6.15. The van der Waals surface area contributed by atoms with Crippen molar-refractivity contribution in [3.8, 4) is 5.69 Å². The molecule has 35 heavy (non-hydrogen) atoms. The van der Waals surface area contributed by atoms with Gasteiger partial charge in [0.2, 0.25) is 0 Å². The first kappa shape index (κ1) is 22.9. The number of likely N-dealkylation sites (N-methyl/N-ethyl adjacent to an activating group) is 1. The fourth-order valence-electron chi connectivity index (χ4n) is 4.32. The number of nitrogens with one attached hydrogen (secondary N) is 1. The number of hydrogen-bond donors (Lipinski definition) is 1. The normalized spacial score (nSPS) is 14.9. The number of nitrogens with zero attached hydrogens (tertiary/aromatic N) is 4. The van der Waals surface area contributed by atoms with Gasteiger partial charge in [0.05, 0.1) is 10.9 Å². The standard InChI is InChI=1S/C26H24F3N5O/c1-32-12-14-33(15-13-32)22-16-20(26(27,28)29)24-21(35)17-23(30-18-8-4-2-5-9-18)34(25(24)31-22)19-10-6-3-7-11-19/h2-11,16-17,30H,12-15H2,1H3. The van der Waals surface area contributed by atoms with Crippen LogP contribution in [0.25, 0.3) is 16.7 Å². The fourth-order valence-corrected chi connectivity index (χ4v) is 4.32. The summed E-state index contributed by atoms with van der Waals surface area (Å²) in [6, 6.07) is 20.3. The molecule has 0 atom stereocenters. The van der Waals surface area contributed by atoms with Gasteiger partial charge in [-0.1, -0.05) is 36.4 Å². The maximum Gasteiger partial charge on any atom is 0.417 e. The van der Waals surface area contributed by atoms with E-state index in [9.17, 15) is 18.0 Å². The van der Waals surface area contributed by atoms with Gasteiger partial charge < -0.3 is 15.1 Å². The van der Waals surface area contributed by atoms with Gasteiger partial charge >= 0.3 is 6.18 Å². The molecule has 0 unspecified atom stereocenters. The maximum atomic E-state index is 14.3. The van der Waals surface area contributed by atoms with E-state index in [1.807, 2.05) is 48.3 Å². The van der Waals surface area contributed by atoms with Crippen molar-refractivity contribution in [1.82, 2.24) is 14.5 Å². The van der Waals surface area contributed by atoms with E-state index in [2.05, 4.69) is 15.2 Å². The number of alkyl halides is 3. The molecule has 5 rings (SSSR count). The number of aromatic nitrogens is 2. The quantitative estimate of drug-likeness (QED) is 0.451. The number of anilines is 3. The van der Waals surface area contributed by atoms with Gasteiger partial charge in [0, 0.05) is 43.6 Å². The summed E-state index contributed by atoms with van der Waals surface area (Å²) in [6.07, 6.45) is -4.72. The Hall–Kier alpha value is -3.85. The number of pyridine rings is 2. The van der Waals surface area contributed by atoms with Crippen molar-refractivity contribution < 1.29 is 13.2 Å². The molecule has 0 aliphatic carbocycles. The highest BCUT2D eigenvalue weighted by Crippen LogP contribution is 2.37. The number of para-hydroxylation sites is 2. The summed E-state index contributed by atoms with van der Waals surface area (Å²) < 4.78 is 44.4.